The highest BCUT2D eigenvalue weighted by Gasteiger charge is 2.20. The monoisotopic (exact) mass is 299 g/mol. The van der Waals surface area contributed by atoms with Crippen molar-refractivity contribution in [1.29, 1.82) is 0 Å². The van der Waals surface area contributed by atoms with E-state index in [1.165, 1.54) is 12.1 Å². The zero-order valence-corrected chi connectivity index (χ0v) is 12.2. The van der Waals surface area contributed by atoms with E-state index < -0.39 is 11.0 Å². The van der Waals surface area contributed by atoms with Gasteiger partial charge in [-0.1, -0.05) is 18.2 Å². The number of ether oxygens (including phenoxy) is 1. The largest absolute Gasteiger partial charge is 0.497 e. The van der Waals surface area contributed by atoms with E-state index in [1.807, 2.05) is 24.3 Å². The smallest absolute Gasteiger partial charge is 0.269 e. The fraction of sp³-hybridized carbons (Fsp3) is 0.176. The first-order chi connectivity index (χ1) is 10.6. The summed E-state index contributed by atoms with van der Waals surface area (Å²) in [4.78, 5) is 10.2. The molecule has 0 saturated carbocycles. The Morgan fingerprint density at radius 3 is 2.14 bits per heavy atom. The van der Waals surface area contributed by atoms with Crippen LogP contribution in [0, 0.1) is 10.1 Å². The first kappa shape index (κ1) is 15.7. The Hall–Kier alpha value is -2.66. The molecule has 0 bridgehead atoms. The molecule has 0 fully saturated rings. The molecular formula is C17H17NO4. The Labute approximate surface area is 128 Å². The zero-order valence-electron chi connectivity index (χ0n) is 12.2. The molecule has 1 N–H and O–H groups in total. The number of rotatable bonds is 6. The Morgan fingerprint density at radius 2 is 1.68 bits per heavy atom. The summed E-state index contributed by atoms with van der Waals surface area (Å²) in [6.45, 7) is 3.77. The quantitative estimate of drug-likeness (QED) is 0.502. The molecule has 0 heterocycles. The lowest BCUT2D eigenvalue weighted by molar-refractivity contribution is -0.384. The molecule has 2 aromatic rings. The van der Waals surface area contributed by atoms with Crippen molar-refractivity contribution in [1.82, 2.24) is 0 Å². The summed E-state index contributed by atoms with van der Waals surface area (Å²) in [5.41, 5.74) is 1.49. The van der Waals surface area contributed by atoms with Crippen LogP contribution in [0.3, 0.4) is 0 Å². The molecule has 114 valence electrons. The minimum Gasteiger partial charge on any atom is -0.497 e. The number of aliphatic hydroxyl groups is 1. The molecule has 0 radical (unpaired) electrons. The van der Waals surface area contributed by atoms with Crippen molar-refractivity contribution in [3.05, 3.63) is 82.4 Å². The van der Waals surface area contributed by atoms with E-state index in [4.69, 9.17) is 4.74 Å². The fourth-order valence-electron chi connectivity index (χ4n) is 2.27. The summed E-state index contributed by atoms with van der Waals surface area (Å²) in [5, 5.41) is 21.2. The van der Waals surface area contributed by atoms with Crippen molar-refractivity contribution in [3.63, 3.8) is 0 Å². The van der Waals surface area contributed by atoms with Crippen molar-refractivity contribution in [2.75, 3.05) is 7.11 Å². The number of benzene rings is 2. The van der Waals surface area contributed by atoms with Crippen LogP contribution in [0.2, 0.25) is 0 Å². The van der Waals surface area contributed by atoms with E-state index in [0.29, 0.717) is 5.56 Å². The second-order valence-corrected chi connectivity index (χ2v) is 4.83. The summed E-state index contributed by atoms with van der Waals surface area (Å²) >= 11 is 0. The van der Waals surface area contributed by atoms with Gasteiger partial charge in [0.05, 0.1) is 18.1 Å². The molecule has 0 aliphatic heterocycles. The lowest BCUT2D eigenvalue weighted by Crippen LogP contribution is -2.08. The molecule has 0 unspecified atom stereocenters. The SMILES string of the molecule is C=C[C@H](c1ccc(OC)cc1)[C@H](O)c1ccc([N+](=O)[O-])cc1. The van der Waals surface area contributed by atoms with E-state index in [0.717, 1.165) is 11.3 Å². The third kappa shape index (κ3) is 3.32. The average Bonchev–Trinajstić information content (AvgIpc) is 2.56. The van der Waals surface area contributed by atoms with Gasteiger partial charge in [-0.05, 0) is 35.4 Å². The van der Waals surface area contributed by atoms with Crippen molar-refractivity contribution in [3.8, 4) is 5.75 Å². The summed E-state index contributed by atoms with van der Waals surface area (Å²) in [6.07, 6.45) is 0.833. The third-order valence-corrected chi connectivity index (χ3v) is 3.54. The van der Waals surface area contributed by atoms with E-state index >= 15 is 0 Å². The van der Waals surface area contributed by atoms with E-state index in [1.54, 1.807) is 25.3 Å². The van der Waals surface area contributed by atoms with Crippen molar-refractivity contribution in [2.24, 2.45) is 0 Å². The molecule has 0 aliphatic carbocycles. The molecule has 0 saturated heterocycles. The summed E-state index contributed by atoms with van der Waals surface area (Å²) < 4.78 is 5.11. The molecule has 2 aromatic carbocycles. The van der Waals surface area contributed by atoms with Gasteiger partial charge in [0.25, 0.3) is 5.69 Å². The second-order valence-electron chi connectivity index (χ2n) is 4.83. The van der Waals surface area contributed by atoms with Gasteiger partial charge in [0.1, 0.15) is 5.75 Å². The van der Waals surface area contributed by atoms with Crippen LogP contribution >= 0.6 is 0 Å². The zero-order chi connectivity index (χ0) is 16.1. The summed E-state index contributed by atoms with van der Waals surface area (Å²) in [5.74, 6) is 0.420. The highest BCUT2D eigenvalue weighted by Crippen LogP contribution is 2.33. The fourth-order valence-corrected chi connectivity index (χ4v) is 2.27. The van der Waals surface area contributed by atoms with Gasteiger partial charge in [-0.25, -0.2) is 0 Å². The number of hydrogen-bond acceptors (Lipinski definition) is 4. The van der Waals surface area contributed by atoms with Crippen LogP contribution < -0.4 is 4.74 Å². The summed E-state index contributed by atoms with van der Waals surface area (Å²) in [6, 6.07) is 13.2. The van der Waals surface area contributed by atoms with E-state index in [9.17, 15) is 15.2 Å². The van der Waals surface area contributed by atoms with Gasteiger partial charge in [0.2, 0.25) is 0 Å². The van der Waals surface area contributed by atoms with Gasteiger partial charge < -0.3 is 9.84 Å². The van der Waals surface area contributed by atoms with Crippen LogP contribution in [-0.4, -0.2) is 17.1 Å². The molecule has 5 nitrogen and oxygen atoms in total. The third-order valence-electron chi connectivity index (χ3n) is 3.54. The molecular weight excluding hydrogens is 282 g/mol. The Kier molecular flexibility index (Phi) is 4.91. The Morgan fingerprint density at radius 1 is 1.14 bits per heavy atom. The first-order valence-electron chi connectivity index (χ1n) is 6.75. The van der Waals surface area contributed by atoms with Crippen LogP contribution in [0.1, 0.15) is 23.1 Å². The van der Waals surface area contributed by atoms with Gasteiger partial charge >= 0.3 is 0 Å². The van der Waals surface area contributed by atoms with Crippen LogP contribution in [-0.2, 0) is 0 Å². The predicted molar refractivity (Wildman–Crippen MR) is 84.0 cm³/mol. The van der Waals surface area contributed by atoms with E-state index in [2.05, 4.69) is 6.58 Å². The van der Waals surface area contributed by atoms with Crippen molar-refractivity contribution < 1.29 is 14.8 Å². The first-order valence-corrected chi connectivity index (χ1v) is 6.75. The number of aliphatic hydroxyl groups excluding tert-OH is 1. The molecule has 0 amide bonds. The maximum atomic E-state index is 10.7. The van der Waals surface area contributed by atoms with Crippen LogP contribution in [0.4, 0.5) is 5.69 Å². The van der Waals surface area contributed by atoms with Gasteiger partial charge in [-0.15, -0.1) is 6.58 Å². The highest BCUT2D eigenvalue weighted by molar-refractivity contribution is 5.37. The number of nitro groups is 1. The Balaban J connectivity index is 2.25. The standard InChI is InChI=1S/C17H17NO4/c1-3-16(12-6-10-15(22-2)11-7-12)17(19)13-4-8-14(9-5-13)18(20)21/h3-11,16-17,19H,1H2,2H3/t16-,17-/m1/s1. The predicted octanol–water partition coefficient (Wildman–Crippen LogP) is 3.61. The topological polar surface area (TPSA) is 72.6 Å². The lowest BCUT2D eigenvalue weighted by Gasteiger charge is -2.20. The van der Waals surface area contributed by atoms with Crippen LogP contribution in [0.25, 0.3) is 0 Å². The molecule has 0 aliphatic rings. The molecule has 0 spiro atoms. The van der Waals surface area contributed by atoms with Gasteiger partial charge in [0, 0.05) is 18.1 Å². The minimum atomic E-state index is -0.827. The van der Waals surface area contributed by atoms with Crippen LogP contribution in [0.15, 0.2) is 61.2 Å². The molecule has 2 rings (SSSR count). The lowest BCUT2D eigenvalue weighted by atomic mass is 9.89. The number of non-ortho nitro benzene ring substituents is 1. The Bertz CT molecular complexity index is 649. The summed E-state index contributed by atoms with van der Waals surface area (Å²) in [7, 11) is 1.59. The average molecular weight is 299 g/mol. The van der Waals surface area contributed by atoms with Crippen molar-refractivity contribution >= 4 is 5.69 Å². The van der Waals surface area contributed by atoms with Gasteiger partial charge in [-0.2, -0.15) is 0 Å². The normalized spacial score (nSPS) is 13.2. The van der Waals surface area contributed by atoms with Crippen molar-refractivity contribution in [2.45, 2.75) is 12.0 Å². The number of hydrogen-bond donors (Lipinski definition) is 1. The second kappa shape index (κ2) is 6.87. The molecule has 2 atom stereocenters. The molecule has 22 heavy (non-hydrogen) atoms. The van der Waals surface area contributed by atoms with Gasteiger partial charge in [0.15, 0.2) is 0 Å². The number of nitro benzene ring substituents is 1. The number of nitrogens with zero attached hydrogens (tertiary/aromatic N) is 1. The number of methoxy groups -OCH3 is 1. The van der Waals surface area contributed by atoms with Gasteiger partial charge in [-0.3, -0.25) is 10.1 Å². The maximum Gasteiger partial charge on any atom is 0.269 e. The highest BCUT2D eigenvalue weighted by atomic mass is 16.6. The maximum absolute atomic E-state index is 10.7. The minimum absolute atomic E-state index is 0.00412. The molecule has 5 heteroatoms. The van der Waals surface area contributed by atoms with E-state index in [-0.39, 0.29) is 11.6 Å². The van der Waals surface area contributed by atoms with Crippen LogP contribution in [0.5, 0.6) is 5.75 Å². The molecule has 0 aromatic heterocycles.